The maximum atomic E-state index is 13.6. The number of hydrogen-bond acceptors (Lipinski definition) is 7. The third-order valence-electron chi connectivity index (χ3n) is 5.32. The van der Waals surface area contributed by atoms with Gasteiger partial charge in [0.05, 0.1) is 35.8 Å². The van der Waals surface area contributed by atoms with Gasteiger partial charge in [0.2, 0.25) is 0 Å². The summed E-state index contributed by atoms with van der Waals surface area (Å²) < 4.78 is 19.1. The van der Waals surface area contributed by atoms with E-state index in [0.29, 0.717) is 45.5 Å². The lowest BCUT2D eigenvalue weighted by atomic mass is 10.1. The molecule has 1 aromatic carbocycles. The van der Waals surface area contributed by atoms with Crippen LogP contribution in [0.15, 0.2) is 47.7 Å². The van der Waals surface area contributed by atoms with E-state index < -0.39 is 5.82 Å². The molecule has 3 aromatic rings. The van der Waals surface area contributed by atoms with E-state index >= 15 is 0 Å². The maximum Gasteiger partial charge on any atom is 0.169 e. The van der Waals surface area contributed by atoms with Gasteiger partial charge < -0.3 is 15.4 Å². The molecule has 0 bridgehead atoms. The summed E-state index contributed by atoms with van der Waals surface area (Å²) in [6.07, 6.45) is 4.38. The highest BCUT2D eigenvalue weighted by Gasteiger charge is 2.32. The van der Waals surface area contributed by atoms with Gasteiger partial charge >= 0.3 is 0 Å². The number of Topliss-reactive ketones (excluding diaryl/α,β-unsaturated/α-hetero) is 1. The zero-order valence-electron chi connectivity index (χ0n) is 18.3. The average molecular weight is 446 g/mol. The summed E-state index contributed by atoms with van der Waals surface area (Å²) in [5, 5.41) is 14.3. The highest BCUT2D eigenvalue weighted by Crippen LogP contribution is 2.38. The number of amidine groups is 1. The first-order valence-electron chi connectivity index (χ1n) is 10.3. The number of halogens is 1. The van der Waals surface area contributed by atoms with Crippen molar-refractivity contribution in [3.63, 3.8) is 0 Å². The van der Waals surface area contributed by atoms with Crippen molar-refractivity contribution in [1.82, 2.24) is 9.97 Å². The number of anilines is 4. The van der Waals surface area contributed by atoms with E-state index in [0.717, 1.165) is 19.0 Å². The second-order valence-electron chi connectivity index (χ2n) is 7.72. The van der Waals surface area contributed by atoms with Crippen molar-refractivity contribution in [1.29, 1.82) is 5.41 Å². The molecule has 8 nitrogen and oxygen atoms in total. The third-order valence-corrected chi connectivity index (χ3v) is 5.32. The molecule has 2 aromatic heterocycles. The summed E-state index contributed by atoms with van der Waals surface area (Å²) in [7, 11) is 1.50. The zero-order chi connectivity index (χ0) is 23.5. The van der Waals surface area contributed by atoms with Crippen LogP contribution in [-0.2, 0) is 0 Å². The van der Waals surface area contributed by atoms with E-state index in [1.807, 2.05) is 0 Å². The average Bonchev–Trinajstić information content (AvgIpc) is 3.66. The van der Waals surface area contributed by atoms with Crippen molar-refractivity contribution < 1.29 is 13.9 Å². The molecule has 2 heterocycles. The number of para-hydroxylation sites is 1. The summed E-state index contributed by atoms with van der Waals surface area (Å²) in [5.74, 6) is 0.855. The number of carbonyl (C=O) groups is 1. The van der Waals surface area contributed by atoms with E-state index in [4.69, 9.17) is 10.1 Å². The molecule has 0 saturated heterocycles. The van der Waals surface area contributed by atoms with Gasteiger partial charge in [-0.05, 0) is 50.2 Å². The fourth-order valence-corrected chi connectivity index (χ4v) is 3.40. The predicted molar refractivity (Wildman–Crippen MR) is 126 cm³/mol. The number of aromatic nitrogens is 2. The van der Waals surface area contributed by atoms with Gasteiger partial charge in [0.1, 0.15) is 17.5 Å². The lowest BCUT2D eigenvalue weighted by Gasteiger charge is -2.17. The molecule has 168 valence electrons. The van der Waals surface area contributed by atoms with Gasteiger partial charge in [-0.25, -0.2) is 19.4 Å². The van der Waals surface area contributed by atoms with Gasteiger partial charge in [-0.3, -0.25) is 10.2 Å². The Bertz CT molecular complexity index is 1260. The Morgan fingerprint density at radius 1 is 1.15 bits per heavy atom. The molecule has 4 rings (SSSR count). The minimum atomic E-state index is -0.396. The second kappa shape index (κ2) is 9.15. The zero-order valence-corrected chi connectivity index (χ0v) is 18.3. The molecule has 1 aliphatic carbocycles. The molecule has 9 heteroatoms. The summed E-state index contributed by atoms with van der Waals surface area (Å²) >= 11 is 0. The van der Waals surface area contributed by atoms with E-state index in [-0.39, 0.29) is 17.5 Å². The van der Waals surface area contributed by atoms with Gasteiger partial charge in [0.25, 0.3) is 0 Å². The van der Waals surface area contributed by atoms with Crippen LogP contribution < -0.4 is 15.4 Å². The maximum absolute atomic E-state index is 13.6. The molecule has 3 N–H and O–H groups in total. The first-order valence-corrected chi connectivity index (χ1v) is 10.3. The smallest absolute Gasteiger partial charge is 0.169 e. The number of ketones is 1. The molecule has 1 aliphatic rings. The molecule has 0 unspecified atom stereocenters. The van der Waals surface area contributed by atoms with Crippen molar-refractivity contribution >= 4 is 41.3 Å². The summed E-state index contributed by atoms with van der Waals surface area (Å²) in [4.78, 5) is 25.0. The lowest BCUT2D eigenvalue weighted by molar-refractivity contribution is 0.0968. The normalized spacial score (nSPS) is 12.7. The van der Waals surface area contributed by atoms with Crippen molar-refractivity contribution in [3.05, 3.63) is 65.2 Å². The van der Waals surface area contributed by atoms with Crippen LogP contribution in [0.2, 0.25) is 0 Å². The predicted octanol–water partition coefficient (Wildman–Crippen LogP) is 5.04. The first-order chi connectivity index (χ1) is 15.9. The topological polar surface area (TPSA) is 112 Å². The van der Waals surface area contributed by atoms with E-state index in [1.54, 1.807) is 37.3 Å². The molecule has 0 radical (unpaired) electrons. The van der Waals surface area contributed by atoms with E-state index in [1.165, 1.54) is 13.3 Å². The Balaban J connectivity index is 1.73. The van der Waals surface area contributed by atoms with Gasteiger partial charge in [-0.2, -0.15) is 0 Å². The minimum absolute atomic E-state index is 0.000975. The van der Waals surface area contributed by atoms with Gasteiger partial charge in [-0.1, -0.05) is 6.07 Å². The molecule has 0 atom stereocenters. The number of ether oxygens (including phenoxy) is 1. The van der Waals surface area contributed by atoms with Crippen LogP contribution >= 0.6 is 0 Å². The molecule has 1 saturated carbocycles. The molecule has 1 fully saturated rings. The van der Waals surface area contributed by atoms with Crippen LogP contribution in [0, 0.1) is 24.1 Å². The Kier molecular flexibility index (Phi) is 6.12. The summed E-state index contributed by atoms with van der Waals surface area (Å²) in [5.41, 5.74) is 2.45. The number of nitrogens with one attached hydrogen (secondary N) is 3. The highest BCUT2D eigenvalue weighted by molar-refractivity contribution is 6.06. The van der Waals surface area contributed by atoms with E-state index in [2.05, 4.69) is 32.3 Å². The van der Waals surface area contributed by atoms with Crippen molar-refractivity contribution in [2.45, 2.75) is 19.8 Å². The molecule has 0 aliphatic heterocycles. The van der Waals surface area contributed by atoms with Crippen molar-refractivity contribution in [3.8, 4) is 5.75 Å². The lowest BCUT2D eigenvalue weighted by Crippen LogP contribution is -2.09. The quantitative estimate of drug-likeness (QED) is 0.254. The van der Waals surface area contributed by atoms with Crippen LogP contribution in [-0.4, -0.2) is 35.4 Å². The van der Waals surface area contributed by atoms with Crippen LogP contribution in [0.4, 0.5) is 27.4 Å². The molecular formula is C24H23FN6O2. The Hall–Kier alpha value is -4.14. The fraction of sp³-hybridized carbons (Fsp3) is 0.208. The third kappa shape index (κ3) is 4.72. The van der Waals surface area contributed by atoms with E-state index in [9.17, 15) is 9.18 Å². The van der Waals surface area contributed by atoms with Gasteiger partial charge in [-0.15, -0.1) is 0 Å². The molecule has 0 spiro atoms. The number of aryl methyl sites for hydroxylation is 1. The van der Waals surface area contributed by atoms with Crippen LogP contribution in [0.3, 0.4) is 0 Å². The Morgan fingerprint density at radius 3 is 2.55 bits per heavy atom. The summed E-state index contributed by atoms with van der Waals surface area (Å²) in [6, 6.07) is 8.52. The van der Waals surface area contributed by atoms with Crippen LogP contribution in [0.1, 0.15) is 34.3 Å². The first kappa shape index (κ1) is 22.1. The molecule has 33 heavy (non-hydrogen) atoms. The second-order valence-corrected chi connectivity index (χ2v) is 7.72. The van der Waals surface area contributed by atoms with Gasteiger partial charge in [0, 0.05) is 18.2 Å². The number of carbonyl (C=O) groups excluding carboxylic acids is 1. The number of methoxy groups -OCH3 is 1. The standard InChI is InChI=1S/C24H23FN6O2/c1-13-9-20(29-12-17(13)25)31-21-10-19(16(11-28-21)22(32)14-7-8-14)30-18-6-4-5-15(23(18)33-3)24(26)27-2/h4-6,9-12,14,26H,2,7-8H2,1,3H3,(H2,28,29,30,31). The Morgan fingerprint density at radius 2 is 1.88 bits per heavy atom. The molecular weight excluding hydrogens is 423 g/mol. The Labute approximate surface area is 190 Å². The monoisotopic (exact) mass is 446 g/mol. The summed E-state index contributed by atoms with van der Waals surface area (Å²) in [6.45, 7) is 5.06. The number of benzene rings is 1. The molecule has 0 amide bonds. The van der Waals surface area contributed by atoms with Crippen molar-refractivity contribution in [2.24, 2.45) is 10.9 Å². The number of hydrogen-bond donors (Lipinski definition) is 3. The number of aliphatic imine (C=N–C) groups is 1. The minimum Gasteiger partial charge on any atom is -0.494 e. The largest absolute Gasteiger partial charge is 0.494 e. The van der Waals surface area contributed by atoms with Gasteiger partial charge in [0.15, 0.2) is 17.4 Å². The van der Waals surface area contributed by atoms with Crippen LogP contribution in [0.25, 0.3) is 0 Å². The SMILES string of the molecule is C=NC(=N)c1cccc(Nc2cc(Nc3cc(C)c(F)cn3)ncc2C(=O)C2CC2)c1OC. The highest BCUT2D eigenvalue weighted by atomic mass is 19.1. The van der Waals surface area contributed by atoms with Crippen LogP contribution in [0.5, 0.6) is 5.75 Å². The number of pyridine rings is 2. The van der Waals surface area contributed by atoms with Crippen molar-refractivity contribution in [2.75, 3.05) is 17.7 Å². The fourth-order valence-electron chi connectivity index (χ4n) is 3.40. The number of rotatable bonds is 8. The number of nitrogens with zero attached hydrogens (tertiary/aromatic N) is 3.